The molecule has 160 valence electrons. The molecule has 30 heavy (non-hydrogen) atoms. The van der Waals surface area contributed by atoms with E-state index in [1.165, 1.54) is 38.5 Å². The zero-order valence-corrected chi connectivity index (χ0v) is 19.0. The summed E-state index contributed by atoms with van der Waals surface area (Å²) < 4.78 is 5.52. The van der Waals surface area contributed by atoms with Gasteiger partial charge in [-0.05, 0) is 41.8 Å². The topological polar surface area (TPSA) is 52.1 Å². The maximum Gasteiger partial charge on any atom is 0.311 e. The molecule has 0 atom stereocenters. The van der Waals surface area contributed by atoms with Gasteiger partial charge in [0.15, 0.2) is 0 Å². The highest BCUT2D eigenvalue weighted by Gasteiger charge is 2.09. The van der Waals surface area contributed by atoms with Crippen LogP contribution >= 0.6 is 11.3 Å². The first-order chi connectivity index (χ1) is 14.7. The van der Waals surface area contributed by atoms with E-state index in [0.29, 0.717) is 12.2 Å². The van der Waals surface area contributed by atoms with E-state index >= 15 is 0 Å². The predicted molar refractivity (Wildman–Crippen MR) is 125 cm³/mol. The van der Waals surface area contributed by atoms with E-state index < -0.39 is 0 Å². The molecule has 4 nitrogen and oxygen atoms in total. The molecular formula is C25H32N2O2S. The van der Waals surface area contributed by atoms with Crippen LogP contribution in [0.3, 0.4) is 0 Å². The van der Waals surface area contributed by atoms with Crippen LogP contribution in [0.25, 0.3) is 21.3 Å². The van der Waals surface area contributed by atoms with Crippen LogP contribution in [0.15, 0.2) is 36.4 Å². The van der Waals surface area contributed by atoms with Crippen LogP contribution in [-0.4, -0.2) is 16.2 Å². The highest BCUT2D eigenvalue weighted by molar-refractivity contribution is 7.14. The lowest BCUT2D eigenvalue weighted by Gasteiger charge is -2.06. The molecule has 3 rings (SSSR count). The van der Waals surface area contributed by atoms with Crippen LogP contribution in [0.5, 0.6) is 5.75 Å². The van der Waals surface area contributed by atoms with E-state index in [0.717, 1.165) is 45.6 Å². The summed E-state index contributed by atoms with van der Waals surface area (Å²) in [5.74, 6) is 0.462. The fourth-order valence-corrected chi connectivity index (χ4v) is 4.35. The second-order valence-corrected chi connectivity index (χ2v) is 8.88. The fourth-order valence-electron chi connectivity index (χ4n) is 3.47. The number of carbonyl (C=O) groups excluding carboxylic acids is 1. The first-order valence-electron chi connectivity index (χ1n) is 11.3. The average Bonchev–Trinajstić information content (AvgIpc) is 3.23. The SMILES string of the molecule is CCCCCCC(=O)Oc1ccc2cc(-c3nnc(CCCCCC)s3)ccc2c1. The zero-order valence-electron chi connectivity index (χ0n) is 18.2. The Balaban J connectivity index is 1.61. The smallest absolute Gasteiger partial charge is 0.311 e. The van der Waals surface area contributed by atoms with Gasteiger partial charge in [-0.2, -0.15) is 0 Å². The molecule has 0 N–H and O–H groups in total. The van der Waals surface area contributed by atoms with Crippen LogP contribution in [-0.2, 0) is 11.2 Å². The molecule has 3 aromatic rings. The minimum Gasteiger partial charge on any atom is -0.427 e. The molecule has 0 spiro atoms. The maximum absolute atomic E-state index is 12.0. The second-order valence-electron chi connectivity index (χ2n) is 7.82. The van der Waals surface area contributed by atoms with Crippen molar-refractivity contribution in [3.05, 3.63) is 41.4 Å². The molecule has 1 heterocycles. The van der Waals surface area contributed by atoms with Crippen molar-refractivity contribution in [1.82, 2.24) is 10.2 Å². The third-order valence-corrected chi connectivity index (χ3v) is 6.27. The van der Waals surface area contributed by atoms with E-state index in [1.807, 2.05) is 18.2 Å². The van der Waals surface area contributed by atoms with Gasteiger partial charge in [0.2, 0.25) is 0 Å². The minimum absolute atomic E-state index is 0.151. The lowest BCUT2D eigenvalue weighted by molar-refractivity contribution is -0.134. The number of rotatable bonds is 12. The molecule has 0 aliphatic heterocycles. The molecule has 0 unspecified atom stereocenters. The Labute approximate surface area is 183 Å². The van der Waals surface area contributed by atoms with Crippen molar-refractivity contribution in [2.45, 2.75) is 78.1 Å². The van der Waals surface area contributed by atoms with E-state index in [9.17, 15) is 4.79 Å². The van der Waals surface area contributed by atoms with Gasteiger partial charge >= 0.3 is 5.97 Å². The van der Waals surface area contributed by atoms with Crippen LogP contribution < -0.4 is 4.74 Å². The minimum atomic E-state index is -0.151. The Morgan fingerprint density at radius 1 is 0.867 bits per heavy atom. The van der Waals surface area contributed by atoms with Gasteiger partial charge in [-0.1, -0.05) is 81.9 Å². The van der Waals surface area contributed by atoms with Crippen molar-refractivity contribution >= 4 is 28.1 Å². The Hall–Kier alpha value is -2.27. The number of fused-ring (bicyclic) bond motifs is 1. The Kier molecular flexibility index (Phi) is 8.81. The Bertz CT molecular complexity index is 951. The number of nitrogens with zero attached hydrogens (tertiary/aromatic N) is 2. The fraction of sp³-hybridized carbons (Fsp3) is 0.480. The number of unbranched alkanes of at least 4 members (excludes halogenated alkanes) is 6. The lowest BCUT2D eigenvalue weighted by atomic mass is 10.1. The molecule has 5 heteroatoms. The Morgan fingerprint density at radius 3 is 2.40 bits per heavy atom. The quantitative estimate of drug-likeness (QED) is 0.173. The normalized spacial score (nSPS) is 11.1. The molecule has 0 bridgehead atoms. The summed E-state index contributed by atoms with van der Waals surface area (Å²) in [6.45, 7) is 4.39. The average molecular weight is 425 g/mol. The van der Waals surface area contributed by atoms with Gasteiger partial charge in [-0.25, -0.2) is 0 Å². The van der Waals surface area contributed by atoms with E-state index in [4.69, 9.17) is 4.74 Å². The van der Waals surface area contributed by atoms with E-state index in [2.05, 4.69) is 42.2 Å². The molecule has 0 saturated heterocycles. The van der Waals surface area contributed by atoms with Crippen molar-refractivity contribution in [3.63, 3.8) is 0 Å². The van der Waals surface area contributed by atoms with Gasteiger partial charge < -0.3 is 4.74 Å². The van der Waals surface area contributed by atoms with Gasteiger partial charge in [-0.3, -0.25) is 4.79 Å². The van der Waals surface area contributed by atoms with Gasteiger partial charge in [0.05, 0.1) is 0 Å². The molecule has 0 radical (unpaired) electrons. The molecule has 0 aliphatic rings. The first kappa shape index (κ1) is 22.4. The van der Waals surface area contributed by atoms with Crippen molar-refractivity contribution in [3.8, 4) is 16.3 Å². The maximum atomic E-state index is 12.0. The van der Waals surface area contributed by atoms with E-state index in [-0.39, 0.29) is 5.97 Å². The van der Waals surface area contributed by atoms with E-state index in [1.54, 1.807) is 11.3 Å². The van der Waals surface area contributed by atoms with Gasteiger partial charge in [-0.15, -0.1) is 10.2 Å². The number of esters is 1. The molecule has 1 aromatic heterocycles. The standard InChI is InChI=1S/C25H32N2O2S/c1-3-5-7-9-11-23-26-27-25(30-23)21-14-13-20-18-22(16-15-19(20)17-21)29-24(28)12-10-8-6-4-2/h13-18H,3-12H2,1-2H3. The summed E-state index contributed by atoms with van der Waals surface area (Å²) >= 11 is 1.68. The van der Waals surface area contributed by atoms with Gasteiger partial charge in [0, 0.05) is 18.4 Å². The summed E-state index contributed by atoms with van der Waals surface area (Å²) in [5.41, 5.74) is 1.08. The first-order valence-corrected chi connectivity index (χ1v) is 12.1. The third kappa shape index (κ3) is 6.63. The van der Waals surface area contributed by atoms with Crippen molar-refractivity contribution < 1.29 is 9.53 Å². The number of hydrogen-bond acceptors (Lipinski definition) is 5. The largest absolute Gasteiger partial charge is 0.427 e. The molecule has 0 aliphatic carbocycles. The monoisotopic (exact) mass is 424 g/mol. The van der Waals surface area contributed by atoms with Crippen LogP contribution in [0.2, 0.25) is 0 Å². The van der Waals surface area contributed by atoms with Gasteiger partial charge in [0.25, 0.3) is 0 Å². The van der Waals surface area contributed by atoms with Crippen molar-refractivity contribution in [2.75, 3.05) is 0 Å². The number of hydrogen-bond donors (Lipinski definition) is 0. The van der Waals surface area contributed by atoms with Gasteiger partial charge in [0.1, 0.15) is 15.8 Å². The molecule has 2 aromatic carbocycles. The molecule has 0 amide bonds. The third-order valence-electron chi connectivity index (χ3n) is 5.24. The molecule has 0 saturated carbocycles. The Morgan fingerprint density at radius 2 is 1.60 bits per heavy atom. The van der Waals surface area contributed by atoms with Crippen molar-refractivity contribution in [2.24, 2.45) is 0 Å². The van der Waals surface area contributed by atoms with Crippen molar-refractivity contribution in [1.29, 1.82) is 0 Å². The van der Waals surface area contributed by atoms with Crippen LogP contribution in [0.4, 0.5) is 0 Å². The second kappa shape index (κ2) is 11.8. The highest BCUT2D eigenvalue weighted by atomic mass is 32.1. The summed E-state index contributed by atoms with van der Waals surface area (Å²) in [7, 11) is 0. The lowest BCUT2D eigenvalue weighted by Crippen LogP contribution is -2.07. The van der Waals surface area contributed by atoms with Crippen LogP contribution in [0, 0.1) is 0 Å². The molecular weight excluding hydrogens is 392 g/mol. The predicted octanol–water partition coefficient (Wildman–Crippen LogP) is 7.36. The zero-order chi connectivity index (χ0) is 21.2. The highest BCUT2D eigenvalue weighted by Crippen LogP contribution is 2.29. The summed E-state index contributed by atoms with van der Waals surface area (Å²) in [6, 6.07) is 12.1. The summed E-state index contributed by atoms with van der Waals surface area (Å²) in [4.78, 5) is 12.0. The van der Waals surface area contributed by atoms with Crippen LogP contribution in [0.1, 0.15) is 76.6 Å². The summed E-state index contributed by atoms with van der Waals surface area (Å²) in [6.07, 6.45) is 10.8. The number of benzene rings is 2. The number of aromatic nitrogens is 2. The number of ether oxygens (including phenoxy) is 1. The number of carbonyl (C=O) groups is 1. The molecule has 0 fully saturated rings. The summed E-state index contributed by atoms with van der Waals surface area (Å²) in [5, 5.41) is 13.0. The number of aryl methyl sites for hydroxylation is 1.